The van der Waals surface area contributed by atoms with Crippen LogP contribution < -0.4 is 10.6 Å². The summed E-state index contributed by atoms with van der Waals surface area (Å²) in [5, 5.41) is 28.0. The first-order valence-corrected chi connectivity index (χ1v) is 11.1. The first-order valence-electron chi connectivity index (χ1n) is 10.2. The van der Waals surface area contributed by atoms with E-state index < -0.39 is 0 Å². The van der Waals surface area contributed by atoms with E-state index in [-0.39, 0.29) is 17.4 Å². The molecule has 0 saturated heterocycles. The summed E-state index contributed by atoms with van der Waals surface area (Å²) < 4.78 is 5.97. The molecule has 3 aromatic rings. The van der Waals surface area contributed by atoms with Crippen molar-refractivity contribution in [1.82, 2.24) is 15.2 Å². The van der Waals surface area contributed by atoms with Crippen LogP contribution in [0.5, 0.6) is 5.75 Å². The molecule has 2 aromatic heterocycles. The van der Waals surface area contributed by atoms with E-state index in [1.807, 2.05) is 24.3 Å². The van der Waals surface area contributed by atoms with Crippen LogP contribution in [0.15, 0.2) is 30.5 Å². The number of aromatic hydroxyl groups is 1. The molecule has 1 aromatic carbocycles. The number of rotatable bonds is 9. The number of phenolic OH excluding ortho intramolecular Hbond substituents is 1. The van der Waals surface area contributed by atoms with Gasteiger partial charge < -0.3 is 20.5 Å². The summed E-state index contributed by atoms with van der Waals surface area (Å²) >= 11 is 1.45. The lowest BCUT2D eigenvalue weighted by Crippen LogP contribution is -2.32. The lowest BCUT2D eigenvalue weighted by Gasteiger charge is -2.26. The highest BCUT2D eigenvalue weighted by molar-refractivity contribution is 7.19. The Hall–Kier alpha value is -2.45. The average Bonchev–Trinajstić information content (AvgIpc) is 3.12. The molecule has 0 amide bonds. The smallest absolute Gasteiger partial charge is 0.207 e. The van der Waals surface area contributed by atoms with Crippen LogP contribution in [0.3, 0.4) is 0 Å². The van der Waals surface area contributed by atoms with Gasteiger partial charge in [-0.2, -0.15) is 0 Å². The van der Waals surface area contributed by atoms with E-state index >= 15 is 0 Å². The molecule has 0 aliphatic heterocycles. The normalized spacial score (nSPS) is 13.0. The Bertz CT molecular complexity index is 968. The molecule has 8 heteroatoms. The van der Waals surface area contributed by atoms with E-state index in [9.17, 15) is 5.11 Å². The topological polar surface area (TPSA) is 92.2 Å². The Balaban J connectivity index is 1.62. The lowest BCUT2D eigenvalue weighted by atomic mass is 10.0. The maximum atomic E-state index is 10.5. The van der Waals surface area contributed by atoms with Crippen LogP contribution in [-0.2, 0) is 11.3 Å². The number of pyridine rings is 1. The molecule has 1 atom stereocenters. The zero-order chi connectivity index (χ0) is 21.7. The molecule has 0 saturated carbocycles. The van der Waals surface area contributed by atoms with Gasteiger partial charge in [-0.05, 0) is 39.2 Å². The van der Waals surface area contributed by atoms with Crippen molar-refractivity contribution in [1.29, 1.82) is 0 Å². The van der Waals surface area contributed by atoms with Gasteiger partial charge >= 0.3 is 0 Å². The van der Waals surface area contributed by atoms with Crippen molar-refractivity contribution in [2.45, 2.75) is 59.2 Å². The highest BCUT2D eigenvalue weighted by atomic mass is 32.1. The fourth-order valence-corrected chi connectivity index (χ4v) is 3.82. The summed E-state index contributed by atoms with van der Waals surface area (Å²) in [4.78, 5) is 4.27. The van der Waals surface area contributed by atoms with Crippen molar-refractivity contribution in [3.05, 3.63) is 36.0 Å². The van der Waals surface area contributed by atoms with Gasteiger partial charge in [0, 0.05) is 23.7 Å². The van der Waals surface area contributed by atoms with E-state index in [1.165, 1.54) is 11.3 Å². The lowest BCUT2D eigenvalue weighted by molar-refractivity contribution is -0.00951. The number of ether oxygens (including phenoxy) is 1. The molecule has 0 aliphatic rings. The van der Waals surface area contributed by atoms with Crippen LogP contribution in [0.1, 0.15) is 46.6 Å². The van der Waals surface area contributed by atoms with Crippen LogP contribution in [0.2, 0.25) is 0 Å². The number of aromatic nitrogens is 3. The number of nitrogens with zero attached hydrogens (tertiary/aromatic N) is 3. The third kappa shape index (κ3) is 6.27. The fraction of sp³-hybridized carbons (Fsp3) is 0.500. The summed E-state index contributed by atoms with van der Waals surface area (Å²) in [5.74, 6) is 0.737. The predicted molar refractivity (Wildman–Crippen MR) is 123 cm³/mol. The van der Waals surface area contributed by atoms with Gasteiger partial charge in [-0.15, -0.1) is 10.2 Å². The molecule has 7 nitrogen and oxygen atoms in total. The molecule has 3 N–H and O–H groups in total. The number of phenols is 1. The van der Waals surface area contributed by atoms with Gasteiger partial charge in [0.2, 0.25) is 10.3 Å². The summed E-state index contributed by atoms with van der Waals surface area (Å²) in [5.41, 5.74) is 1.19. The summed E-state index contributed by atoms with van der Waals surface area (Å²) in [6, 6.07) is 7.81. The van der Waals surface area contributed by atoms with Gasteiger partial charge in [-0.25, -0.2) is 0 Å². The van der Waals surface area contributed by atoms with Crippen LogP contribution in [-0.4, -0.2) is 38.5 Å². The quantitative estimate of drug-likeness (QED) is 0.438. The molecule has 0 bridgehead atoms. The second kappa shape index (κ2) is 9.57. The fourth-order valence-electron chi connectivity index (χ4n) is 3.10. The van der Waals surface area contributed by atoms with Crippen LogP contribution >= 0.6 is 11.3 Å². The molecule has 0 aliphatic carbocycles. The minimum absolute atomic E-state index is 0.167. The Morgan fingerprint density at radius 3 is 2.63 bits per heavy atom. The Morgan fingerprint density at radius 1 is 1.13 bits per heavy atom. The number of nitrogens with one attached hydrogen (secondary N) is 2. The number of anilines is 2. The van der Waals surface area contributed by atoms with Gasteiger partial charge in [0.15, 0.2) is 0 Å². The first-order chi connectivity index (χ1) is 14.2. The third-order valence-electron chi connectivity index (χ3n) is 4.49. The minimum atomic E-state index is -0.179. The molecule has 30 heavy (non-hydrogen) atoms. The standard InChI is InChI=1S/C22H31N5O2S/c1-14(2)11-17(13-29-22(3,4)5)25-21-27-26-20(30-21)24-12-16-9-8-15-7-6-10-23-18(15)19(16)28/h6-10,14,17,28H,11-13H2,1-5H3,(H,24,26)(H,25,27). The number of hydrogen-bond donors (Lipinski definition) is 3. The van der Waals surface area contributed by atoms with Gasteiger partial charge in [-0.3, -0.25) is 4.98 Å². The maximum absolute atomic E-state index is 10.5. The molecule has 2 heterocycles. The Kier molecular flexibility index (Phi) is 7.10. The Labute approximate surface area is 181 Å². The molecule has 0 spiro atoms. The molecule has 0 fully saturated rings. The van der Waals surface area contributed by atoms with E-state index in [0.717, 1.165) is 22.5 Å². The number of benzene rings is 1. The highest BCUT2D eigenvalue weighted by Crippen LogP contribution is 2.28. The van der Waals surface area contributed by atoms with Crippen molar-refractivity contribution in [3.63, 3.8) is 0 Å². The highest BCUT2D eigenvalue weighted by Gasteiger charge is 2.18. The molecular weight excluding hydrogens is 398 g/mol. The zero-order valence-electron chi connectivity index (χ0n) is 18.3. The molecule has 0 radical (unpaired) electrons. The molecule has 3 rings (SSSR count). The molecule has 162 valence electrons. The van der Waals surface area contributed by atoms with E-state index in [1.54, 1.807) is 6.20 Å². The predicted octanol–water partition coefficient (Wildman–Crippen LogP) is 5.05. The van der Waals surface area contributed by atoms with Gasteiger partial charge in [0.1, 0.15) is 11.3 Å². The van der Waals surface area contributed by atoms with Crippen LogP contribution in [0.4, 0.5) is 10.3 Å². The Morgan fingerprint density at radius 2 is 1.90 bits per heavy atom. The van der Waals surface area contributed by atoms with Crippen LogP contribution in [0.25, 0.3) is 10.9 Å². The minimum Gasteiger partial charge on any atom is -0.505 e. The monoisotopic (exact) mass is 429 g/mol. The van der Waals surface area contributed by atoms with Gasteiger partial charge in [-0.1, -0.05) is 43.4 Å². The van der Waals surface area contributed by atoms with E-state index in [2.05, 4.69) is 60.4 Å². The number of fused-ring (bicyclic) bond motifs is 1. The van der Waals surface area contributed by atoms with E-state index in [0.29, 0.717) is 29.7 Å². The van der Waals surface area contributed by atoms with Crippen molar-refractivity contribution in [2.75, 3.05) is 17.2 Å². The molecular formula is C22H31N5O2S. The zero-order valence-corrected chi connectivity index (χ0v) is 19.1. The van der Waals surface area contributed by atoms with Crippen LogP contribution in [0, 0.1) is 5.92 Å². The summed E-state index contributed by atoms with van der Waals surface area (Å²) in [6.45, 7) is 11.6. The second-order valence-electron chi connectivity index (χ2n) is 8.81. The van der Waals surface area contributed by atoms with Crippen molar-refractivity contribution in [3.8, 4) is 5.75 Å². The summed E-state index contributed by atoms with van der Waals surface area (Å²) in [6.07, 6.45) is 2.66. The van der Waals surface area contributed by atoms with E-state index in [4.69, 9.17) is 4.74 Å². The van der Waals surface area contributed by atoms with Gasteiger partial charge in [0.05, 0.1) is 18.2 Å². The summed E-state index contributed by atoms with van der Waals surface area (Å²) in [7, 11) is 0. The van der Waals surface area contributed by atoms with Crippen molar-refractivity contribution in [2.24, 2.45) is 5.92 Å². The second-order valence-corrected chi connectivity index (χ2v) is 9.79. The molecule has 1 unspecified atom stereocenters. The number of hydrogen-bond acceptors (Lipinski definition) is 8. The third-order valence-corrected chi connectivity index (χ3v) is 5.30. The average molecular weight is 430 g/mol. The first kappa shape index (κ1) is 22.2. The largest absolute Gasteiger partial charge is 0.505 e. The van der Waals surface area contributed by atoms with Crippen molar-refractivity contribution < 1.29 is 9.84 Å². The van der Waals surface area contributed by atoms with Gasteiger partial charge in [0.25, 0.3) is 0 Å². The SMILES string of the molecule is CC(C)CC(COC(C)(C)C)Nc1nnc(NCc2ccc3cccnc3c2O)s1. The van der Waals surface area contributed by atoms with Crippen molar-refractivity contribution >= 4 is 32.5 Å². The maximum Gasteiger partial charge on any atom is 0.207 e.